The first-order chi connectivity index (χ1) is 20.0. The summed E-state index contributed by atoms with van der Waals surface area (Å²) < 4.78 is 12.3. The Balaban J connectivity index is 4.02. The van der Waals surface area contributed by atoms with Gasteiger partial charge < -0.3 is 19.3 Å². The maximum Gasteiger partial charge on any atom is 0.0914 e. The molecule has 0 aromatic heterocycles. The fourth-order valence-electron chi connectivity index (χ4n) is 6.57. The molecule has 0 aromatic carbocycles. The van der Waals surface area contributed by atoms with Gasteiger partial charge in [-0.25, -0.2) is 0 Å². The predicted octanol–water partition coefficient (Wildman–Crippen LogP) is 7.70. The van der Waals surface area contributed by atoms with Gasteiger partial charge in [-0.15, -0.1) is 0 Å². The topological polar surface area (TPSA) is 27.3 Å². The number of hydrogen-bond acceptors (Lipinski definition) is 2. The van der Waals surface area contributed by atoms with Gasteiger partial charge in [0.15, 0.2) is 0 Å². The summed E-state index contributed by atoms with van der Waals surface area (Å²) >= 11 is 0. The van der Waals surface area contributed by atoms with E-state index in [1.165, 1.54) is 167 Å². The van der Waals surface area contributed by atoms with Gasteiger partial charge in [0.25, 0.3) is 0 Å². The van der Waals surface area contributed by atoms with Crippen molar-refractivity contribution < 1.29 is 19.3 Å². The first kappa shape index (κ1) is 40.8. The van der Waals surface area contributed by atoms with Crippen LogP contribution in [0, 0.1) is 5.41 Å². The van der Waals surface area contributed by atoms with Crippen molar-refractivity contribution in [2.45, 2.75) is 168 Å². The van der Waals surface area contributed by atoms with E-state index in [0.29, 0.717) is 5.41 Å². The summed E-state index contributed by atoms with van der Waals surface area (Å²) in [5.41, 5.74) is 0.305. The highest BCUT2D eigenvalue weighted by atomic mass is 16.5. The van der Waals surface area contributed by atoms with Gasteiger partial charge >= 0.3 is 0 Å². The normalized spacial score (nSPS) is 12.3. The standard InChI is InChI=1S/C37H78N2O2/c1-7-9-11-13-14-15-16-17-18-20-25-29-33-41-36-37(34-38(3)4,35-39(5)6)30-26-22-19-21-24-28-32-40-31-27-23-12-10-8-2/h7-36H2,1-6H3/p+2. The van der Waals surface area contributed by atoms with Crippen LogP contribution in [-0.4, -0.2) is 67.7 Å². The zero-order valence-corrected chi connectivity index (χ0v) is 29.5. The third kappa shape index (κ3) is 29.7. The van der Waals surface area contributed by atoms with Crippen molar-refractivity contribution in [2.24, 2.45) is 5.41 Å². The molecule has 0 aromatic rings. The van der Waals surface area contributed by atoms with Crippen LogP contribution >= 0.6 is 0 Å². The van der Waals surface area contributed by atoms with Crippen LogP contribution in [0.1, 0.15) is 168 Å². The maximum atomic E-state index is 6.42. The molecule has 0 fully saturated rings. The van der Waals surface area contributed by atoms with E-state index in [1.54, 1.807) is 9.80 Å². The molecule has 0 atom stereocenters. The summed E-state index contributed by atoms with van der Waals surface area (Å²) in [4.78, 5) is 3.12. The van der Waals surface area contributed by atoms with E-state index in [9.17, 15) is 0 Å². The van der Waals surface area contributed by atoms with Crippen LogP contribution in [0.15, 0.2) is 0 Å². The summed E-state index contributed by atoms with van der Waals surface area (Å²) in [6.45, 7) is 10.8. The number of quaternary nitrogens is 2. The minimum absolute atomic E-state index is 0.305. The molecule has 0 unspecified atom stereocenters. The maximum absolute atomic E-state index is 6.42. The van der Waals surface area contributed by atoms with Crippen LogP contribution in [0.4, 0.5) is 0 Å². The Bertz CT molecular complexity index is 453. The van der Waals surface area contributed by atoms with E-state index >= 15 is 0 Å². The Morgan fingerprint density at radius 1 is 0.390 bits per heavy atom. The smallest absolute Gasteiger partial charge is 0.0914 e. The third-order valence-electron chi connectivity index (χ3n) is 8.65. The van der Waals surface area contributed by atoms with E-state index in [0.717, 1.165) is 26.4 Å². The van der Waals surface area contributed by atoms with Crippen LogP contribution in [0.2, 0.25) is 0 Å². The molecule has 0 rings (SSSR count). The molecular formula is C37H80N2O2+2. The van der Waals surface area contributed by atoms with E-state index in [1.807, 2.05) is 0 Å². The molecule has 0 aliphatic carbocycles. The zero-order chi connectivity index (χ0) is 30.3. The number of unbranched alkanes of at least 4 members (excludes halogenated alkanes) is 20. The lowest BCUT2D eigenvalue weighted by Gasteiger charge is -2.34. The molecule has 4 nitrogen and oxygen atoms in total. The van der Waals surface area contributed by atoms with Crippen molar-refractivity contribution >= 4 is 0 Å². The van der Waals surface area contributed by atoms with Gasteiger partial charge in [0, 0.05) is 19.8 Å². The van der Waals surface area contributed by atoms with E-state index in [2.05, 4.69) is 42.0 Å². The van der Waals surface area contributed by atoms with Crippen LogP contribution in [0.25, 0.3) is 0 Å². The van der Waals surface area contributed by atoms with Crippen LogP contribution in [0.3, 0.4) is 0 Å². The highest BCUT2D eigenvalue weighted by Gasteiger charge is 2.36. The van der Waals surface area contributed by atoms with Gasteiger partial charge in [0.1, 0.15) is 0 Å². The fraction of sp³-hybridized carbons (Fsp3) is 1.00. The summed E-state index contributed by atoms with van der Waals surface area (Å²) in [6, 6.07) is 0. The SMILES string of the molecule is CCCCCCCCCCCCCCOCC(CCCCCCCCOCCCCCCC)(C[NH+](C)C)C[NH+](C)C. The lowest BCUT2D eigenvalue weighted by atomic mass is 9.82. The summed E-state index contributed by atoms with van der Waals surface area (Å²) in [6.07, 6.45) is 32.8. The number of hydrogen-bond donors (Lipinski definition) is 2. The largest absolute Gasteiger partial charge is 0.381 e. The van der Waals surface area contributed by atoms with Crippen LogP contribution < -0.4 is 9.80 Å². The molecule has 0 aliphatic rings. The van der Waals surface area contributed by atoms with E-state index in [4.69, 9.17) is 9.47 Å². The Labute approximate surface area is 260 Å². The molecule has 0 saturated heterocycles. The molecule has 2 N–H and O–H groups in total. The van der Waals surface area contributed by atoms with Gasteiger partial charge in [0.2, 0.25) is 0 Å². The van der Waals surface area contributed by atoms with E-state index in [-0.39, 0.29) is 0 Å². The van der Waals surface area contributed by atoms with Crippen LogP contribution in [0.5, 0.6) is 0 Å². The summed E-state index contributed by atoms with van der Waals surface area (Å²) in [7, 11) is 9.27. The van der Waals surface area contributed by atoms with Crippen molar-refractivity contribution in [1.29, 1.82) is 0 Å². The molecule has 41 heavy (non-hydrogen) atoms. The predicted molar refractivity (Wildman–Crippen MR) is 182 cm³/mol. The molecule has 0 bridgehead atoms. The van der Waals surface area contributed by atoms with Crippen molar-refractivity contribution in [3.63, 3.8) is 0 Å². The average Bonchev–Trinajstić information content (AvgIpc) is 2.92. The second kappa shape index (κ2) is 31.3. The second-order valence-electron chi connectivity index (χ2n) is 14.1. The molecule has 0 radical (unpaired) electrons. The van der Waals surface area contributed by atoms with E-state index < -0.39 is 0 Å². The molecule has 0 amide bonds. The molecule has 4 heteroatoms. The van der Waals surface area contributed by atoms with Crippen molar-refractivity contribution in [1.82, 2.24) is 0 Å². The first-order valence-electron chi connectivity index (χ1n) is 18.7. The first-order valence-corrected chi connectivity index (χ1v) is 18.7. The Morgan fingerprint density at radius 3 is 1.07 bits per heavy atom. The number of ether oxygens (including phenoxy) is 2. The van der Waals surface area contributed by atoms with Gasteiger partial charge in [-0.3, -0.25) is 0 Å². The monoisotopic (exact) mass is 585 g/mol. The lowest BCUT2D eigenvalue weighted by molar-refractivity contribution is -0.893. The summed E-state index contributed by atoms with van der Waals surface area (Å²) in [5, 5.41) is 0. The quantitative estimate of drug-likeness (QED) is 0.0759. The molecule has 0 saturated carbocycles. The third-order valence-corrected chi connectivity index (χ3v) is 8.65. The highest BCUT2D eigenvalue weighted by molar-refractivity contribution is 4.78. The summed E-state index contributed by atoms with van der Waals surface area (Å²) in [5.74, 6) is 0. The number of nitrogens with one attached hydrogen (secondary N) is 2. The molecule has 0 aliphatic heterocycles. The van der Waals surface area contributed by atoms with Crippen LogP contribution in [-0.2, 0) is 9.47 Å². The molecule has 248 valence electrons. The van der Waals surface area contributed by atoms with Gasteiger partial charge in [-0.2, -0.15) is 0 Å². The number of rotatable bonds is 34. The molecule has 0 spiro atoms. The average molecular weight is 585 g/mol. The lowest BCUT2D eigenvalue weighted by Crippen LogP contribution is -3.12. The molecular weight excluding hydrogens is 504 g/mol. The van der Waals surface area contributed by atoms with Gasteiger partial charge in [0.05, 0.1) is 53.3 Å². The Hall–Kier alpha value is -0.160. The Kier molecular flexibility index (Phi) is 31.1. The fourth-order valence-corrected chi connectivity index (χ4v) is 6.57. The molecule has 0 heterocycles. The minimum atomic E-state index is 0.305. The van der Waals surface area contributed by atoms with Crippen molar-refractivity contribution in [3.8, 4) is 0 Å². The van der Waals surface area contributed by atoms with Gasteiger partial charge in [-0.1, -0.05) is 142 Å². The highest BCUT2D eigenvalue weighted by Crippen LogP contribution is 2.24. The van der Waals surface area contributed by atoms with Crippen molar-refractivity contribution in [3.05, 3.63) is 0 Å². The zero-order valence-electron chi connectivity index (χ0n) is 29.5. The second-order valence-corrected chi connectivity index (χ2v) is 14.1. The minimum Gasteiger partial charge on any atom is -0.381 e. The van der Waals surface area contributed by atoms with Gasteiger partial charge in [-0.05, 0) is 25.7 Å². The Morgan fingerprint density at radius 2 is 0.707 bits per heavy atom. The van der Waals surface area contributed by atoms with Crippen molar-refractivity contribution in [2.75, 3.05) is 67.7 Å².